The number of benzene rings is 1. The number of hydrazine groups is 1. The van der Waals surface area contributed by atoms with Gasteiger partial charge in [0.2, 0.25) is 0 Å². The largest absolute Gasteiger partial charge is 0.493 e. The number of ether oxygens (including phenoxy) is 1. The van der Waals surface area contributed by atoms with E-state index in [2.05, 4.69) is 44.4 Å². The average molecular weight is 266 g/mol. The van der Waals surface area contributed by atoms with Crippen LogP contribution in [0.5, 0.6) is 5.75 Å². The van der Waals surface area contributed by atoms with E-state index in [1.54, 1.807) is 0 Å². The van der Waals surface area contributed by atoms with E-state index in [0.717, 1.165) is 24.5 Å². The topological polar surface area (TPSA) is 47.3 Å². The first-order chi connectivity index (χ1) is 8.49. The zero-order valence-corrected chi connectivity index (χ0v) is 12.1. The minimum absolute atomic E-state index is 0.195. The molecule has 0 spiro atoms. The Morgan fingerprint density at radius 2 is 2.22 bits per heavy atom. The van der Waals surface area contributed by atoms with Gasteiger partial charge in [-0.3, -0.25) is 11.3 Å². The number of nitrogens with two attached hydrogens (primary N) is 1. The van der Waals surface area contributed by atoms with Gasteiger partial charge in [-0.25, -0.2) is 0 Å². The van der Waals surface area contributed by atoms with E-state index < -0.39 is 0 Å². The summed E-state index contributed by atoms with van der Waals surface area (Å²) in [6, 6.07) is 6.58. The van der Waals surface area contributed by atoms with Crippen LogP contribution in [0.15, 0.2) is 18.2 Å². The Bertz CT molecular complexity index is 415. The summed E-state index contributed by atoms with van der Waals surface area (Å²) in [6.07, 6.45) is 1.01. The van der Waals surface area contributed by atoms with Crippen molar-refractivity contribution in [2.75, 3.05) is 12.4 Å². The molecule has 0 bridgehead atoms. The maximum atomic E-state index is 5.68. The maximum Gasteiger partial charge on any atom is 0.122 e. The number of rotatable bonds is 4. The molecule has 0 saturated heterocycles. The molecule has 4 heteroatoms. The predicted octanol–water partition coefficient (Wildman–Crippen LogP) is 2.66. The molecule has 3 nitrogen and oxygen atoms in total. The van der Waals surface area contributed by atoms with Crippen LogP contribution in [0.1, 0.15) is 37.9 Å². The van der Waals surface area contributed by atoms with Crippen molar-refractivity contribution in [1.29, 1.82) is 0 Å². The molecule has 0 amide bonds. The van der Waals surface area contributed by atoms with Crippen molar-refractivity contribution >= 4 is 11.8 Å². The second-order valence-electron chi connectivity index (χ2n) is 5.61. The molecular weight excluding hydrogens is 244 g/mol. The lowest BCUT2D eigenvalue weighted by Crippen LogP contribution is -2.30. The van der Waals surface area contributed by atoms with Gasteiger partial charge in [0.1, 0.15) is 5.75 Å². The van der Waals surface area contributed by atoms with Crippen LogP contribution in [0, 0.1) is 0 Å². The smallest absolute Gasteiger partial charge is 0.122 e. The normalized spacial score (nSPS) is 16.2. The maximum absolute atomic E-state index is 5.68. The SMILES string of the molecule is CC(C)(C)SCC(NN)c1ccc2c(c1)CCO2. The number of fused-ring (bicyclic) bond motifs is 1. The van der Waals surface area contributed by atoms with E-state index in [0.29, 0.717) is 0 Å². The first kappa shape index (κ1) is 13.7. The van der Waals surface area contributed by atoms with E-state index in [1.807, 2.05) is 11.8 Å². The Kier molecular flexibility index (Phi) is 4.20. The summed E-state index contributed by atoms with van der Waals surface area (Å²) < 4.78 is 5.78. The molecule has 2 rings (SSSR count). The molecule has 1 unspecified atom stereocenters. The van der Waals surface area contributed by atoms with E-state index in [-0.39, 0.29) is 10.8 Å². The second-order valence-corrected chi connectivity index (χ2v) is 7.46. The summed E-state index contributed by atoms with van der Waals surface area (Å²) >= 11 is 1.92. The number of thioether (sulfide) groups is 1. The molecule has 3 N–H and O–H groups in total. The molecule has 0 aliphatic carbocycles. The predicted molar refractivity (Wildman–Crippen MR) is 77.9 cm³/mol. The van der Waals surface area contributed by atoms with Crippen LogP contribution in [-0.2, 0) is 6.42 Å². The summed E-state index contributed by atoms with van der Waals surface area (Å²) in [6.45, 7) is 7.47. The summed E-state index contributed by atoms with van der Waals surface area (Å²) in [7, 11) is 0. The van der Waals surface area contributed by atoms with Gasteiger partial charge in [-0.2, -0.15) is 11.8 Å². The van der Waals surface area contributed by atoms with Crippen LogP contribution in [0.25, 0.3) is 0 Å². The van der Waals surface area contributed by atoms with Crippen molar-refractivity contribution in [3.8, 4) is 5.75 Å². The molecule has 1 aliphatic heterocycles. The first-order valence-corrected chi connectivity index (χ1v) is 7.34. The van der Waals surface area contributed by atoms with Crippen LogP contribution >= 0.6 is 11.8 Å². The molecule has 0 fully saturated rings. The quantitative estimate of drug-likeness (QED) is 0.650. The van der Waals surface area contributed by atoms with Crippen LogP contribution in [-0.4, -0.2) is 17.1 Å². The summed E-state index contributed by atoms with van der Waals surface area (Å²) in [5, 5.41) is 0. The van der Waals surface area contributed by atoms with Gasteiger partial charge < -0.3 is 4.74 Å². The highest BCUT2D eigenvalue weighted by Gasteiger charge is 2.19. The van der Waals surface area contributed by atoms with E-state index in [4.69, 9.17) is 10.6 Å². The third-order valence-corrected chi connectivity index (χ3v) is 4.37. The lowest BCUT2D eigenvalue weighted by Gasteiger charge is -2.23. The van der Waals surface area contributed by atoms with Crippen molar-refractivity contribution in [3.05, 3.63) is 29.3 Å². The van der Waals surface area contributed by atoms with Crippen LogP contribution in [0.2, 0.25) is 0 Å². The van der Waals surface area contributed by atoms with Crippen LogP contribution in [0.3, 0.4) is 0 Å². The monoisotopic (exact) mass is 266 g/mol. The van der Waals surface area contributed by atoms with Crippen molar-refractivity contribution in [1.82, 2.24) is 5.43 Å². The Morgan fingerprint density at radius 3 is 2.89 bits per heavy atom. The van der Waals surface area contributed by atoms with Crippen LogP contribution in [0.4, 0.5) is 0 Å². The highest BCUT2D eigenvalue weighted by atomic mass is 32.2. The Balaban J connectivity index is 2.08. The molecule has 1 heterocycles. The molecule has 1 aromatic rings. The zero-order chi connectivity index (χ0) is 13.2. The Morgan fingerprint density at radius 1 is 1.44 bits per heavy atom. The lowest BCUT2D eigenvalue weighted by molar-refractivity contribution is 0.356. The fourth-order valence-corrected chi connectivity index (χ4v) is 2.95. The highest BCUT2D eigenvalue weighted by Crippen LogP contribution is 2.31. The van der Waals surface area contributed by atoms with Gasteiger partial charge in [0, 0.05) is 16.9 Å². The molecule has 0 saturated carbocycles. The Labute approximate surface area is 113 Å². The zero-order valence-electron chi connectivity index (χ0n) is 11.3. The molecule has 100 valence electrons. The van der Waals surface area contributed by atoms with Gasteiger partial charge in [0.25, 0.3) is 0 Å². The van der Waals surface area contributed by atoms with Gasteiger partial charge in [-0.15, -0.1) is 0 Å². The minimum Gasteiger partial charge on any atom is -0.493 e. The molecule has 1 aliphatic rings. The second kappa shape index (κ2) is 5.51. The molecule has 1 aromatic carbocycles. The highest BCUT2D eigenvalue weighted by molar-refractivity contribution is 8.00. The standard InChI is InChI=1S/C14H22N2OS/c1-14(2,3)18-9-12(16-15)10-4-5-13-11(8-10)6-7-17-13/h4-5,8,12,16H,6-7,9,15H2,1-3H3. The van der Waals surface area contributed by atoms with Crippen LogP contribution < -0.4 is 16.0 Å². The van der Waals surface area contributed by atoms with Crippen molar-refractivity contribution in [2.24, 2.45) is 5.84 Å². The number of hydrogen-bond acceptors (Lipinski definition) is 4. The molecule has 0 radical (unpaired) electrons. The van der Waals surface area contributed by atoms with Crippen molar-refractivity contribution in [2.45, 2.75) is 38.0 Å². The average Bonchev–Trinajstić information content (AvgIpc) is 2.75. The van der Waals surface area contributed by atoms with E-state index >= 15 is 0 Å². The van der Waals surface area contributed by atoms with Gasteiger partial charge in [0.05, 0.1) is 12.6 Å². The van der Waals surface area contributed by atoms with E-state index in [9.17, 15) is 0 Å². The number of hydrogen-bond donors (Lipinski definition) is 2. The van der Waals surface area contributed by atoms with Gasteiger partial charge in [-0.1, -0.05) is 32.9 Å². The summed E-state index contributed by atoms with van der Waals surface area (Å²) in [5.74, 6) is 7.68. The first-order valence-electron chi connectivity index (χ1n) is 6.35. The molecular formula is C14H22N2OS. The molecule has 0 aromatic heterocycles. The van der Waals surface area contributed by atoms with Gasteiger partial charge >= 0.3 is 0 Å². The molecule has 1 atom stereocenters. The van der Waals surface area contributed by atoms with Gasteiger partial charge in [0.15, 0.2) is 0 Å². The lowest BCUT2D eigenvalue weighted by atomic mass is 10.0. The fraction of sp³-hybridized carbons (Fsp3) is 0.571. The van der Waals surface area contributed by atoms with Gasteiger partial charge in [-0.05, 0) is 17.2 Å². The Hall–Kier alpha value is -0.710. The summed E-state index contributed by atoms with van der Waals surface area (Å²) in [5.41, 5.74) is 5.47. The minimum atomic E-state index is 0.195. The van der Waals surface area contributed by atoms with Crippen molar-refractivity contribution in [3.63, 3.8) is 0 Å². The third kappa shape index (κ3) is 3.40. The summed E-state index contributed by atoms with van der Waals surface area (Å²) in [4.78, 5) is 0. The number of nitrogens with one attached hydrogen (secondary N) is 1. The fourth-order valence-electron chi connectivity index (χ4n) is 2.00. The van der Waals surface area contributed by atoms with E-state index in [1.165, 1.54) is 11.1 Å². The van der Waals surface area contributed by atoms with Crippen molar-refractivity contribution < 1.29 is 4.74 Å². The third-order valence-electron chi connectivity index (χ3n) is 3.00. The molecule has 18 heavy (non-hydrogen) atoms.